The van der Waals surface area contributed by atoms with Crippen molar-refractivity contribution >= 4 is 45.1 Å². The van der Waals surface area contributed by atoms with Crippen molar-refractivity contribution in [1.29, 1.82) is 0 Å². The SMILES string of the molecule is CCCCCCCCCCCC(=O)CC(=O)NC(COCC[C@H](O)CCCCCCC)COP(=O)(O)OCCNC(=O)NCCOP(=O)(O)OCC(COCC[C@H](O)CCCCCCC)NC(=O)CC(=O)CCCCCCCCCCC.[H-].[H-].[Na+].[Na+]. The molecular formula is C59H118N4Na2O17P2. The van der Waals surface area contributed by atoms with E-state index in [0.717, 1.165) is 103 Å². The molecule has 0 saturated carbocycles. The van der Waals surface area contributed by atoms with E-state index >= 15 is 0 Å². The molecule has 0 spiro atoms. The van der Waals surface area contributed by atoms with E-state index in [2.05, 4.69) is 49.0 Å². The fraction of sp³-hybridized carbons (Fsp3) is 0.915. The van der Waals surface area contributed by atoms with Gasteiger partial charge in [0.25, 0.3) is 0 Å². The molecule has 0 saturated heterocycles. The maximum atomic E-state index is 12.9. The minimum atomic E-state index is -4.72. The summed E-state index contributed by atoms with van der Waals surface area (Å²) in [5.41, 5.74) is 0. The van der Waals surface area contributed by atoms with Crippen molar-refractivity contribution in [3.8, 4) is 0 Å². The second kappa shape index (κ2) is 61.5. The molecule has 0 aliphatic heterocycles. The van der Waals surface area contributed by atoms with Crippen LogP contribution in [-0.4, -0.2) is 140 Å². The molecule has 0 radical (unpaired) electrons. The number of ether oxygens (including phenoxy) is 2. The average Bonchev–Trinajstić information content (AvgIpc) is 3.66. The molecule has 0 aromatic rings. The van der Waals surface area contributed by atoms with Crippen molar-refractivity contribution in [1.82, 2.24) is 21.3 Å². The average molecular weight is 1260 g/mol. The number of rotatable bonds is 62. The Kier molecular flexibility index (Phi) is 64.3. The summed E-state index contributed by atoms with van der Waals surface area (Å²) in [4.78, 5) is 84.3. The topological polar surface area (TPSA) is 304 Å². The van der Waals surface area contributed by atoms with E-state index in [4.69, 9.17) is 27.6 Å². The second-order valence-electron chi connectivity index (χ2n) is 21.9. The molecule has 488 valence electrons. The van der Waals surface area contributed by atoms with Crippen LogP contribution in [0.25, 0.3) is 0 Å². The van der Waals surface area contributed by atoms with Gasteiger partial charge in [-0.05, 0) is 38.5 Å². The quantitative estimate of drug-likeness (QED) is 0.0155. The molecule has 0 fully saturated rings. The number of phosphoric ester groups is 2. The van der Waals surface area contributed by atoms with Gasteiger partial charge >= 0.3 is 80.8 Å². The number of Topliss-reactive ketones (excluding diaryl/α,β-unsaturated/α-hetero) is 2. The van der Waals surface area contributed by atoms with Gasteiger partial charge in [-0.15, -0.1) is 0 Å². The Morgan fingerprint density at radius 1 is 0.405 bits per heavy atom. The van der Waals surface area contributed by atoms with Crippen LogP contribution < -0.4 is 80.4 Å². The van der Waals surface area contributed by atoms with Gasteiger partial charge in [-0.1, -0.05) is 195 Å². The fourth-order valence-electron chi connectivity index (χ4n) is 8.92. The summed E-state index contributed by atoms with van der Waals surface area (Å²) < 4.78 is 57.4. The van der Waals surface area contributed by atoms with Crippen LogP contribution in [0.15, 0.2) is 0 Å². The van der Waals surface area contributed by atoms with E-state index in [1.165, 1.54) is 64.2 Å². The van der Waals surface area contributed by atoms with Crippen LogP contribution in [0.4, 0.5) is 4.79 Å². The van der Waals surface area contributed by atoms with Crippen molar-refractivity contribution in [2.45, 2.75) is 283 Å². The first kappa shape index (κ1) is 87.8. The number of carbonyl (C=O) groups is 5. The summed E-state index contributed by atoms with van der Waals surface area (Å²) >= 11 is 0. The normalized spacial score (nSPS) is 14.2. The first-order valence-corrected chi connectivity index (χ1v) is 34.8. The maximum Gasteiger partial charge on any atom is 1.00 e. The Morgan fingerprint density at radius 3 is 1.02 bits per heavy atom. The van der Waals surface area contributed by atoms with Crippen LogP contribution in [0.5, 0.6) is 0 Å². The van der Waals surface area contributed by atoms with E-state index in [9.17, 15) is 53.1 Å². The Morgan fingerprint density at radius 2 is 0.702 bits per heavy atom. The van der Waals surface area contributed by atoms with Crippen LogP contribution in [0, 0.1) is 0 Å². The second-order valence-corrected chi connectivity index (χ2v) is 24.8. The molecule has 0 aliphatic carbocycles. The van der Waals surface area contributed by atoms with Crippen LogP contribution in [0.3, 0.4) is 0 Å². The van der Waals surface area contributed by atoms with E-state index in [0.29, 0.717) is 38.5 Å². The zero-order chi connectivity index (χ0) is 60.8. The summed E-state index contributed by atoms with van der Waals surface area (Å²) in [6, 6.07) is -2.63. The molecular weight excluding hydrogens is 1140 g/mol. The summed E-state index contributed by atoms with van der Waals surface area (Å²) in [6.45, 7) is 6.24. The van der Waals surface area contributed by atoms with Crippen molar-refractivity contribution < 1.29 is 143 Å². The minimum absolute atomic E-state index is 0. The molecule has 0 aromatic carbocycles. The predicted octanol–water partition coefficient (Wildman–Crippen LogP) is 5.77. The number of hydrogen-bond donors (Lipinski definition) is 8. The van der Waals surface area contributed by atoms with Crippen LogP contribution in [0.2, 0.25) is 0 Å². The van der Waals surface area contributed by atoms with Crippen molar-refractivity contribution in [3.63, 3.8) is 0 Å². The van der Waals surface area contributed by atoms with E-state index < -0.39 is 84.2 Å². The van der Waals surface area contributed by atoms with Gasteiger partial charge in [0.15, 0.2) is 0 Å². The fourth-order valence-corrected chi connectivity index (χ4v) is 10.5. The molecule has 4 unspecified atom stereocenters. The number of phosphoric acid groups is 2. The first-order chi connectivity index (χ1) is 39.4. The standard InChI is InChI=1S/C59H116N4O17P2.2Na.2H/c1-5-9-13-17-19-21-23-27-31-35-55(66)45-57(68)62-51(47-75-41-37-53(64)33-29-25-15-11-7-3)49-79-81(71,72)77-43-39-60-59(70)61-40-44-78-82(73,74)80-50-52(48-76-42-38-54(65)34-30-26-16-12-8-4)63-58(69)46-56(67)36-32-28-24-22-20-18-14-10-6-2;;;;/h51-54,64-65H,5-50H2,1-4H3,(H,62,68)(H,63,69)(H,71,72)(H,73,74)(H2,60,61,70);;;;/q;2*+1;2*-1/t51?,52?,53-,54-;;;;/m1..../s1. The Bertz CT molecular complexity index is 1600. The third-order valence-electron chi connectivity index (χ3n) is 13.8. The van der Waals surface area contributed by atoms with Gasteiger partial charge < -0.3 is 53.6 Å². The Balaban J connectivity index is -0.00000547. The van der Waals surface area contributed by atoms with Crippen LogP contribution in [-0.2, 0) is 55.9 Å². The third-order valence-corrected chi connectivity index (χ3v) is 15.8. The van der Waals surface area contributed by atoms with E-state index in [-0.39, 0.29) is 139 Å². The van der Waals surface area contributed by atoms with Gasteiger partial charge in [0.2, 0.25) is 11.8 Å². The molecule has 0 heterocycles. The van der Waals surface area contributed by atoms with Gasteiger partial charge in [-0.2, -0.15) is 0 Å². The molecule has 25 heteroatoms. The molecule has 4 amide bonds. The number of ketones is 2. The van der Waals surface area contributed by atoms with Crippen molar-refractivity contribution in [3.05, 3.63) is 0 Å². The molecule has 0 aromatic heterocycles. The van der Waals surface area contributed by atoms with Crippen molar-refractivity contribution in [2.75, 3.05) is 65.9 Å². The molecule has 0 aliphatic rings. The molecule has 84 heavy (non-hydrogen) atoms. The smallest absolute Gasteiger partial charge is 1.00 e. The Labute approximate surface area is 554 Å². The number of urea groups is 1. The van der Waals surface area contributed by atoms with Gasteiger partial charge in [-0.25, -0.2) is 13.9 Å². The van der Waals surface area contributed by atoms with Gasteiger partial charge in [0, 0.05) is 39.1 Å². The minimum Gasteiger partial charge on any atom is -1.00 e. The van der Waals surface area contributed by atoms with E-state index in [1.807, 2.05) is 0 Å². The number of carbonyl (C=O) groups excluding carboxylic acids is 5. The number of aliphatic hydroxyl groups excluding tert-OH is 2. The number of aliphatic hydroxyl groups is 2. The third kappa shape index (κ3) is 60.5. The van der Waals surface area contributed by atoms with Gasteiger partial charge in [0.05, 0.1) is 76.8 Å². The monoisotopic (exact) mass is 1260 g/mol. The largest absolute Gasteiger partial charge is 1.00 e. The predicted molar refractivity (Wildman–Crippen MR) is 324 cm³/mol. The molecule has 0 bridgehead atoms. The Hall–Kier alpha value is -0.390. The zero-order valence-corrected chi connectivity index (χ0v) is 59.1. The first-order valence-electron chi connectivity index (χ1n) is 31.8. The summed E-state index contributed by atoms with van der Waals surface area (Å²) in [5, 5.41) is 30.9. The molecule has 6 atom stereocenters. The van der Waals surface area contributed by atoms with Crippen LogP contribution >= 0.6 is 15.6 Å². The maximum absolute atomic E-state index is 12.9. The van der Waals surface area contributed by atoms with Crippen LogP contribution in [0.1, 0.15) is 262 Å². The van der Waals surface area contributed by atoms with Gasteiger partial charge in [-0.3, -0.25) is 37.3 Å². The number of hydrogen-bond acceptors (Lipinski definition) is 15. The van der Waals surface area contributed by atoms with Crippen molar-refractivity contribution in [2.24, 2.45) is 0 Å². The number of nitrogens with one attached hydrogen (secondary N) is 4. The molecule has 8 N–H and O–H groups in total. The molecule has 21 nitrogen and oxygen atoms in total. The summed E-state index contributed by atoms with van der Waals surface area (Å²) in [5.74, 6) is -1.60. The zero-order valence-electron chi connectivity index (χ0n) is 55.3. The number of amides is 4. The summed E-state index contributed by atoms with van der Waals surface area (Å²) in [7, 11) is -9.45. The van der Waals surface area contributed by atoms with E-state index in [1.54, 1.807) is 0 Å². The summed E-state index contributed by atoms with van der Waals surface area (Å²) in [6.07, 6.45) is 31.1. The number of unbranched alkanes of at least 4 members (excludes halogenated alkanes) is 24. The molecule has 0 rings (SSSR count). The van der Waals surface area contributed by atoms with Gasteiger partial charge in [0.1, 0.15) is 11.6 Å².